The van der Waals surface area contributed by atoms with Gasteiger partial charge in [-0.3, -0.25) is 33.7 Å². The highest BCUT2D eigenvalue weighted by atomic mass is 35.5. The number of carbonyl (C=O) groups excluding carboxylic acids is 1. The molecule has 48 heavy (non-hydrogen) atoms. The number of aliphatic hydroxyl groups is 2. The molecule has 2 atom stereocenters. The molecule has 2 aromatic rings. The van der Waals surface area contributed by atoms with E-state index in [-0.39, 0.29) is 48.0 Å². The Labute approximate surface area is 271 Å². The number of halogens is 1. The van der Waals surface area contributed by atoms with E-state index in [1.165, 1.54) is 12.3 Å². The van der Waals surface area contributed by atoms with Crippen LogP contribution in [0.3, 0.4) is 0 Å². The molecule has 1 unspecified atom stereocenters. The first-order valence-corrected chi connectivity index (χ1v) is 15.1. The first kappa shape index (κ1) is 31.2. The van der Waals surface area contributed by atoms with Crippen molar-refractivity contribution in [2.45, 2.75) is 23.8 Å². The van der Waals surface area contributed by atoms with Crippen LogP contribution in [0.1, 0.15) is 23.2 Å². The molecule has 1 amide bonds. The number of hydrazone groups is 1. The number of phenolic OH excluding ortho intramolecular Hbond substituents is 1. The van der Waals surface area contributed by atoms with Crippen molar-refractivity contribution < 1.29 is 29.6 Å². The number of aromatic nitrogens is 1. The molecule has 1 saturated heterocycles. The standard InChI is InChI=1S/C32H25ClN4O11/c1-47-16-8-15(38)20-21(25(16)40)27(42)23-22(26(20)41)29(44)32(30(23)45)3-2-12-6-13-7-14(35-31(46)19(13)28(43)24(12)32)9-34-36-18(39)10-37-4-5-48-11-17(37)33/h6-9,17,43-45H,2-5,10-11H2,1H3,(H,35,46)(H,36,39)/t17?,32-/m0/s1. The maximum Gasteiger partial charge on any atom is 0.260 e. The number of hydrogen-bond acceptors (Lipinski definition) is 13. The lowest BCUT2D eigenvalue weighted by molar-refractivity contribution is -0.123. The van der Waals surface area contributed by atoms with E-state index >= 15 is 0 Å². The Bertz CT molecular complexity index is 2610. The van der Waals surface area contributed by atoms with Crippen molar-refractivity contribution in [1.29, 1.82) is 0 Å². The number of amides is 1. The van der Waals surface area contributed by atoms with Gasteiger partial charge in [-0.05, 0) is 29.9 Å². The van der Waals surface area contributed by atoms with Crippen molar-refractivity contribution in [2.24, 2.45) is 5.10 Å². The Kier molecular flexibility index (Phi) is 7.23. The molecule has 4 aliphatic carbocycles. The van der Waals surface area contributed by atoms with Gasteiger partial charge in [0.05, 0.1) is 65.0 Å². The number of phenols is 1. The molecule has 16 heteroatoms. The molecule has 1 spiro atoms. The number of methoxy groups -OCH3 is 1. The van der Waals surface area contributed by atoms with Crippen LogP contribution in [0.25, 0.3) is 22.3 Å². The summed E-state index contributed by atoms with van der Waals surface area (Å²) in [6.07, 6.45) is 1.19. The summed E-state index contributed by atoms with van der Waals surface area (Å²) in [5.74, 6) is -3.12. The van der Waals surface area contributed by atoms with Crippen LogP contribution in [0.15, 0.2) is 47.3 Å². The molecule has 5 N–H and O–H groups in total. The number of fused-ring (bicyclic) bond motifs is 4. The van der Waals surface area contributed by atoms with E-state index < -0.39 is 88.0 Å². The third-order valence-corrected chi connectivity index (χ3v) is 9.59. The van der Waals surface area contributed by atoms with E-state index in [2.05, 4.69) is 15.5 Å². The highest BCUT2D eigenvalue weighted by Crippen LogP contribution is 2.54. The van der Waals surface area contributed by atoms with E-state index in [0.29, 0.717) is 18.7 Å². The molecule has 15 nitrogen and oxygen atoms in total. The molecule has 1 aromatic heterocycles. The lowest BCUT2D eigenvalue weighted by Crippen LogP contribution is -2.51. The largest absolute Gasteiger partial charge is 0.510 e. The van der Waals surface area contributed by atoms with Crippen molar-refractivity contribution in [2.75, 3.05) is 33.4 Å². The zero-order valence-corrected chi connectivity index (χ0v) is 25.8. The van der Waals surface area contributed by atoms with E-state index in [0.717, 1.165) is 13.2 Å². The number of aromatic hydroxyl groups is 1. The zero-order valence-electron chi connectivity index (χ0n) is 25.0. The zero-order chi connectivity index (χ0) is 34.2. The van der Waals surface area contributed by atoms with Gasteiger partial charge in [-0.1, -0.05) is 6.07 Å². The number of benzene rings is 1. The average Bonchev–Trinajstić information content (AvgIpc) is 3.54. The summed E-state index contributed by atoms with van der Waals surface area (Å²) >= 11 is 6.16. The number of aliphatic hydroxyl groups excluding tert-OH is 2. The SMILES string of the molecule is COc1cc(=O)c2c(=O)c3c(c(=O)c=2c1=O)=C(O)[C@]1(CCc2cc4cc(C=NNC(=O)CN5CCOCC5Cl)[nH]c(=O)c4c(O)c21)C=3O. The summed E-state index contributed by atoms with van der Waals surface area (Å²) in [4.78, 5) is 82.9. The Hall–Kier alpha value is -5.38. The van der Waals surface area contributed by atoms with Crippen LogP contribution in [0.2, 0.25) is 0 Å². The molecule has 1 aromatic carbocycles. The van der Waals surface area contributed by atoms with Gasteiger partial charge < -0.3 is 29.8 Å². The molecule has 246 valence electrons. The van der Waals surface area contributed by atoms with Crippen LogP contribution in [0.5, 0.6) is 11.5 Å². The Morgan fingerprint density at radius 3 is 2.48 bits per heavy atom. The van der Waals surface area contributed by atoms with Gasteiger partial charge in [0, 0.05) is 18.2 Å². The van der Waals surface area contributed by atoms with Crippen LogP contribution in [0, 0.1) is 10.4 Å². The number of carbonyl (C=O) groups is 1. The van der Waals surface area contributed by atoms with Crippen molar-refractivity contribution in [3.8, 4) is 11.5 Å². The van der Waals surface area contributed by atoms with E-state index in [1.807, 2.05) is 0 Å². The molecule has 0 bridgehead atoms. The maximum absolute atomic E-state index is 13.6. The average molecular weight is 677 g/mol. The minimum Gasteiger partial charge on any atom is -0.510 e. The second-order valence-corrected chi connectivity index (χ2v) is 12.2. The summed E-state index contributed by atoms with van der Waals surface area (Å²) < 4.78 is 10.1. The Morgan fingerprint density at radius 1 is 1.08 bits per heavy atom. The van der Waals surface area contributed by atoms with E-state index in [1.54, 1.807) is 11.0 Å². The van der Waals surface area contributed by atoms with Gasteiger partial charge in [0.1, 0.15) is 28.2 Å². The highest BCUT2D eigenvalue weighted by molar-refractivity contribution is 6.20. The van der Waals surface area contributed by atoms with Crippen LogP contribution in [0.4, 0.5) is 0 Å². The fraction of sp³-hybridized carbons (Fsp3) is 0.281. The smallest absolute Gasteiger partial charge is 0.260 e. The number of nitrogens with zero attached hydrogens (tertiary/aromatic N) is 2. The summed E-state index contributed by atoms with van der Waals surface area (Å²) in [6, 6.07) is 3.81. The topological polar surface area (TPSA) is 225 Å². The maximum atomic E-state index is 13.6. The third kappa shape index (κ3) is 4.31. The molecular weight excluding hydrogens is 652 g/mol. The lowest BCUT2D eigenvalue weighted by atomic mass is 9.78. The van der Waals surface area contributed by atoms with Gasteiger partial charge in [0.2, 0.25) is 16.3 Å². The fourth-order valence-electron chi connectivity index (χ4n) is 7.02. The Balaban J connectivity index is 1.33. The number of pyridine rings is 1. The fourth-order valence-corrected chi connectivity index (χ4v) is 7.27. The Morgan fingerprint density at radius 2 is 1.79 bits per heavy atom. The number of rotatable bonds is 5. The van der Waals surface area contributed by atoms with E-state index in [4.69, 9.17) is 21.1 Å². The number of nitrogens with one attached hydrogen (secondary N) is 2. The van der Waals surface area contributed by atoms with Crippen LogP contribution in [-0.2, 0) is 21.4 Å². The molecule has 2 heterocycles. The first-order chi connectivity index (χ1) is 22.9. The van der Waals surface area contributed by atoms with Crippen molar-refractivity contribution >= 4 is 46.0 Å². The van der Waals surface area contributed by atoms with Gasteiger partial charge in [0.25, 0.3) is 11.5 Å². The summed E-state index contributed by atoms with van der Waals surface area (Å²) in [5.41, 5.74) is -4.74. The number of alkyl halides is 1. The monoisotopic (exact) mass is 676 g/mol. The third-order valence-electron chi connectivity index (χ3n) is 9.19. The van der Waals surface area contributed by atoms with Crippen molar-refractivity contribution in [3.63, 3.8) is 0 Å². The van der Waals surface area contributed by atoms with E-state index in [9.17, 15) is 44.1 Å². The molecule has 5 aliphatic rings. The second kappa shape index (κ2) is 11.1. The van der Waals surface area contributed by atoms with Crippen molar-refractivity contribution in [1.82, 2.24) is 15.3 Å². The summed E-state index contributed by atoms with van der Waals surface area (Å²) in [6.45, 7) is 1.17. The lowest BCUT2D eigenvalue weighted by Gasteiger charge is -2.30. The van der Waals surface area contributed by atoms with Crippen LogP contribution in [-0.4, -0.2) is 76.2 Å². The number of morpholine rings is 1. The normalized spacial score (nSPS) is 20.7. The number of H-pyrrole nitrogens is 1. The molecule has 1 aliphatic heterocycles. The van der Waals surface area contributed by atoms with Gasteiger partial charge in [-0.15, -0.1) is 11.6 Å². The van der Waals surface area contributed by atoms with Gasteiger partial charge in [-0.2, -0.15) is 5.10 Å². The summed E-state index contributed by atoms with van der Waals surface area (Å²) in [5, 5.41) is 35.8. The number of aryl methyl sites for hydroxylation is 1. The van der Waals surface area contributed by atoms with Gasteiger partial charge in [0.15, 0.2) is 11.2 Å². The van der Waals surface area contributed by atoms with Crippen molar-refractivity contribution in [3.05, 3.63) is 107 Å². The number of hydrogen-bond donors (Lipinski definition) is 5. The number of aromatic amines is 1. The van der Waals surface area contributed by atoms with Crippen LogP contribution < -0.4 is 47.9 Å². The highest BCUT2D eigenvalue weighted by Gasteiger charge is 2.53. The molecule has 0 radical (unpaired) electrons. The number of ether oxygens (including phenoxy) is 2. The predicted molar refractivity (Wildman–Crippen MR) is 171 cm³/mol. The predicted octanol–water partition coefficient (Wildman–Crippen LogP) is -2.14. The quantitative estimate of drug-likeness (QED) is 0.0661. The van der Waals surface area contributed by atoms with Crippen LogP contribution >= 0.6 is 11.6 Å². The molecule has 0 saturated carbocycles. The molecule has 1 fully saturated rings. The van der Waals surface area contributed by atoms with Gasteiger partial charge >= 0.3 is 0 Å². The molecule has 7 rings (SSSR count). The minimum atomic E-state index is -2.01. The minimum absolute atomic E-state index is 0.0234. The first-order valence-electron chi connectivity index (χ1n) is 14.7. The molecular formula is C32H25ClN4O11. The second-order valence-electron chi connectivity index (χ2n) is 11.7. The van der Waals surface area contributed by atoms with Gasteiger partial charge in [-0.25, -0.2) is 5.43 Å². The summed E-state index contributed by atoms with van der Waals surface area (Å²) in [7, 11) is 1.11.